The van der Waals surface area contributed by atoms with Gasteiger partial charge >= 0.3 is 0 Å². The fourth-order valence-corrected chi connectivity index (χ4v) is 2.12. The van der Waals surface area contributed by atoms with E-state index >= 15 is 0 Å². The molecule has 1 atom stereocenters. The Morgan fingerprint density at radius 2 is 1.95 bits per heavy atom. The van der Waals surface area contributed by atoms with Crippen LogP contribution in [0.5, 0.6) is 5.75 Å². The van der Waals surface area contributed by atoms with E-state index in [0.29, 0.717) is 11.8 Å². The van der Waals surface area contributed by atoms with Crippen molar-refractivity contribution in [1.82, 2.24) is 10.3 Å². The fraction of sp³-hybridized carbons (Fsp3) is 0.312. The monoisotopic (exact) mass is 256 g/mol. The Hall–Kier alpha value is -1.87. The molecule has 0 radical (unpaired) electrons. The van der Waals surface area contributed by atoms with Gasteiger partial charge in [-0.2, -0.15) is 0 Å². The quantitative estimate of drug-likeness (QED) is 0.862. The van der Waals surface area contributed by atoms with Crippen molar-refractivity contribution < 1.29 is 5.11 Å². The lowest BCUT2D eigenvalue weighted by atomic mass is 10.0. The summed E-state index contributed by atoms with van der Waals surface area (Å²) >= 11 is 0. The summed E-state index contributed by atoms with van der Waals surface area (Å²) in [5, 5.41) is 12.9. The van der Waals surface area contributed by atoms with Crippen LogP contribution in [0.2, 0.25) is 0 Å². The molecule has 1 aromatic carbocycles. The first-order valence-electron chi connectivity index (χ1n) is 6.62. The van der Waals surface area contributed by atoms with Crippen LogP contribution in [0.3, 0.4) is 0 Å². The highest BCUT2D eigenvalue weighted by molar-refractivity contribution is 5.28. The number of pyridine rings is 1. The van der Waals surface area contributed by atoms with Crippen LogP contribution < -0.4 is 5.32 Å². The first kappa shape index (κ1) is 13.6. The molecule has 0 aliphatic carbocycles. The van der Waals surface area contributed by atoms with Crippen LogP contribution in [-0.4, -0.2) is 10.1 Å². The minimum Gasteiger partial charge on any atom is -0.508 e. The van der Waals surface area contributed by atoms with Crippen LogP contribution in [0.4, 0.5) is 0 Å². The third kappa shape index (κ3) is 3.55. The largest absolute Gasteiger partial charge is 0.508 e. The topological polar surface area (TPSA) is 45.2 Å². The Balaban J connectivity index is 2.04. The van der Waals surface area contributed by atoms with Crippen LogP contribution in [0.25, 0.3) is 0 Å². The van der Waals surface area contributed by atoms with Crippen molar-refractivity contribution in [2.75, 3.05) is 0 Å². The molecule has 2 aromatic rings. The molecule has 0 aliphatic rings. The zero-order valence-corrected chi connectivity index (χ0v) is 11.4. The van der Waals surface area contributed by atoms with Gasteiger partial charge in [-0.15, -0.1) is 0 Å². The van der Waals surface area contributed by atoms with E-state index in [2.05, 4.69) is 24.1 Å². The second-order valence-corrected chi connectivity index (χ2v) is 4.74. The Labute approximate surface area is 114 Å². The van der Waals surface area contributed by atoms with Gasteiger partial charge in [0.05, 0.1) is 0 Å². The lowest BCUT2D eigenvalue weighted by molar-refractivity contribution is 0.473. The van der Waals surface area contributed by atoms with Gasteiger partial charge in [0.1, 0.15) is 5.75 Å². The van der Waals surface area contributed by atoms with Crippen molar-refractivity contribution >= 4 is 0 Å². The van der Waals surface area contributed by atoms with Crippen LogP contribution in [0.1, 0.15) is 36.1 Å². The van der Waals surface area contributed by atoms with E-state index in [1.165, 1.54) is 16.7 Å². The molecule has 19 heavy (non-hydrogen) atoms. The van der Waals surface area contributed by atoms with E-state index < -0.39 is 0 Å². The summed E-state index contributed by atoms with van der Waals surface area (Å²) in [6, 6.07) is 9.71. The molecule has 0 fully saturated rings. The van der Waals surface area contributed by atoms with E-state index in [4.69, 9.17) is 0 Å². The maximum absolute atomic E-state index is 9.33. The molecule has 0 saturated heterocycles. The Kier molecular flexibility index (Phi) is 4.53. The summed E-state index contributed by atoms with van der Waals surface area (Å²) in [5.74, 6) is 0.307. The molecule has 0 saturated carbocycles. The van der Waals surface area contributed by atoms with Crippen molar-refractivity contribution in [1.29, 1.82) is 0 Å². The van der Waals surface area contributed by atoms with Gasteiger partial charge in [-0.05, 0) is 48.2 Å². The van der Waals surface area contributed by atoms with E-state index in [0.717, 1.165) is 13.0 Å². The number of rotatable bonds is 5. The fourth-order valence-electron chi connectivity index (χ4n) is 2.12. The average molecular weight is 256 g/mol. The molecule has 0 spiro atoms. The molecule has 2 rings (SSSR count). The third-order valence-corrected chi connectivity index (χ3v) is 3.39. The molecular weight excluding hydrogens is 236 g/mol. The molecule has 1 aromatic heterocycles. The zero-order valence-electron chi connectivity index (χ0n) is 11.4. The van der Waals surface area contributed by atoms with Crippen molar-refractivity contribution in [3.05, 3.63) is 59.4 Å². The average Bonchev–Trinajstić information content (AvgIpc) is 2.43. The van der Waals surface area contributed by atoms with E-state index in [1.54, 1.807) is 12.1 Å². The van der Waals surface area contributed by atoms with Crippen molar-refractivity contribution in [2.45, 2.75) is 32.9 Å². The first-order chi connectivity index (χ1) is 9.20. The second kappa shape index (κ2) is 6.34. The number of phenolic OH excluding ortho intramolecular Hbond substituents is 1. The summed E-state index contributed by atoms with van der Waals surface area (Å²) in [5.41, 5.74) is 3.67. The van der Waals surface area contributed by atoms with Gasteiger partial charge in [0.25, 0.3) is 0 Å². The molecule has 3 heteroatoms. The van der Waals surface area contributed by atoms with Crippen LogP contribution in [0.15, 0.2) is 42.7 Å². The summed E-state index contributed by atoms with van der Waals surface area (Å²) in [6.45, 7) is 5.06. The maximum Gasteiger partial charge on any atom is 0.115 e. The minimum atomic E-state index is 0.292. The van der Waals surface area contributed by atoms with Gasteiger partial charge in [0.2, 0.25) is 0 Å². The van der Waals surface area contributed by atoms with Crippen LogP contribution in [0, 0.1) is 6.92 Å². The van der Waals surface area contributed by atoms with Gasteiger partial charge in [-0.3, -0.25) is 4.98 Å². The number of hydrogen-bond donors (Lipinski definition) is 2. The number of aromatic nitrogens is 1. The minimum absolute atomic E-state index is 0.292. The number of phenols is 1. The molecule has 0 aliphatic heterocycles. The van der Waals surface area contributed by atoms with E-state index in [9.17, 15) is 5.11 Å². The molecule has 1 unspecified atom stereocenters. The summed E-state index contributed by atoms with van der Waals surface area (Å²) in [7, 11) is 0. The number of aryl methyl sites for hydroxylation is 1. The van der Waals surface area contributed by atoms with Crippen molar-refractivity contribution in [3.63, 3.8) is 0 Å². The Morgan fingerprint density at radius 3 is 2.58 bits per heavy atom. The van der Waals surface area contributed by atoms with Crippen molar-refractivity contribution in [3.8, 4) is 5.75 Å². The number of benzene rings is 1. The Morgan fingerprint density at radius 1 is 1.21 bits per heavy atom. The van der Waals surface area contributed by atoms with Crippen molar-refractivity contribution in [2.24, 2.45) is 0 Å². The van der Waals surface area contributed by atoms with E-state index in [-0.39, 0.29) is 0 Å². The SMILES string of the molecule is CCC(NCc1cnccc1C)c1ccc(O)cc1. The molecule has 0 amide bonds. The third-order valence-electron chi connectivity index (χ3n) is 3.39. The number of nitrogens with one attached hydrogen (secondary N) is 1. The molecule has 3 nitrogen and oxygen atoms in total. The van der Waals surface area contributed by atoms with E-state index in [1.807, 2.05) is 30.6 Å². The van der Waals surface area contributed by atoms with Crippen LogP contribution >= 0.6 is 0 Å². The number of hydrogen-bond acceptors (Lipinski definition) is 3. The van der Waals surface area contributed by atoms with Gasteiger partial charge in [-0.25, -0.2) is 0 Å². The lowest BCUT2D eigenvalue weighted by Gasteiger charge is -2.18. The maximum atomic E-state index is 9.33. The molecule has 1 heterocycles. The van der Waals surface area contributed by atoms with Gasteiger partial charge < -0.3 is 10.4 Å². The predicted molar refractivity (Wildman–Crippen MR) is 77.0 cm³/mol. The summed E-state index contributed by atoms with van der Waals surface area (Å²) in [6.07, 6.45) is 4.73. The zero-order chi connectivity index (χ0) is 13.7. The van der Waals surface area contributed by atoms with Gasteiger partial charge in [-0.1, -0.05) is 19.1 Å². The normalized spacial score (nSPS) is 12.3. The predicted octanol–water partition coefficient (Wildman–Crippen LogP) is 3.34. The summed E-state index contributed by atoms with van der Waals surface area (Å²) < 4.78 is 0. The summed E-state index contributed by atoms with van der Waals surface area (Å²) in [4.78, 5) is 4.16. The standard InChI is InChI=1S/C16H20N2O/c1-3-16(13-4-6-15(19)7-5-13)18-11-14-10-17-9-8-12(14)2/h4-10,16,18-19H,3,11H2,1-2H3. The number of aromatic hydroxyl groups is 1. The molecule has 2 N–H and O–H groups in total. The highest BCUT2D eigenvalue weighted by atomic mass is 16.3. The number of nitrogens with zero attached hydrogens (tertiary/aromatic N) is 1. The van der Waals surface area contributed by atoms with Gasteiger partial charge in [0, 0.05) is 25.0 Å². The highest BCUT2D eigenvalue weighted by Gasteiger charge is 2.09. The molecule has 100 valence electrons. The first-order valence-corrected chi connectivity index (χ1v) is 6.62. The smallest absolute Gasteiger partial charge is 0.115 e. The molecule has 0 bridgehead atoms. The highest BCUT2D eigenvalue weighted by Crippen LogP contribution is 2.20. The second-order valence-electron chi connectivity index (χ2n) is 4.74. The molecular formula is C16H20N2O. The Bertz CT molecular complexity index is 523. The van der Waals surface area contributed by atoms with Crippen LogP contribution in [-0.2, 0) is 6.54 Å². The van der Waals surface area contributed by atoms with Gasteiger partial charge in [0.15, 0.2) is 0 Å². The lowest BCUT2D eigenvalue weighted by Crippen LogP contribution is -2.20.